The van der Waals surface area contributed by atoms with Crippen LogP contribution in [0.4, 0.5) is 11.5 Å². The van der Waals surface area contributed by atoms with E-state index in [2.05, 4.69) is 51.0 Å². The quantitative estimate of drug-likeness (QED) is 0.816. The second-order valence-electron chi connectivity index (χ2n) is 7.63. The molecular weight excluding hydrogens is 350 g/mol. The molecule has 2 fully saturated rings. The van der Waals surface area contributed by atoms with E-state index in [1.807, 2.05) is 11.0 Å². The fourth-order valence-corrected chi connectivity index (χ4v) is 4.28. The van der Waals surface area contributed by atoms with Gasteiger partial charge in [-0.3, -0.25) is 4.79 Å². The number of carbonyl (C=O) groups excluding carboxylic acids is 1. The smallest absolute Gasteiger partial charge is 0.274 e. The Morgan fingerprint density at radius 1 is 1.00 bits per heavy atom. The molecule has 2 aromatic rings. The van der Waals surface area contributed by atoms with Gasteiger partial charge in [0, 0.05) is 44.5 Å². The Morgan fingerprint density at radius 3 is 2.46 bits per heavy atom. The molecular formula is C22H29N5O. The van der Waals surface area contributed by atoms with Crippen molar-refractivity contribution in [2.45, 2.75) is 38.6 Å². The molecule has 6 nitrogen and oxygen atoms in total. The molecule has 2 aliphatic heterocycles. The van der Waals surface area contributed by atoms with Gasteiger partial charge in [-0.2, -0.15) is 0 Å². The summed E-state index contributed by atoms with van der Waals surface area (Å²) in [6.45, 7) is 6.36. The van der Waals surface area contributed by atoms with Gasteiger partial charge in [0.1, 0.15) is 11.5 Å². The fourth-order valence-electron chi connectivity index (χ4n) is 4.28. The van der Waals surface area contributed by atoms with E-state index in [1.54, 1.807) is 12.4 Å². The lowest BCUT2D eigenvalue weighted by molar-refractivity contribution is 0.0740. The molecule has 4 rings (SSSR count). The molecule has 0 spiro atoms. The van der Waals surface area contributed by atoms with Gasteiger partial charge in [-0.25, -0.2) is 9.97 Å². The third-order valence-corrected chi connectivity index (χ3v) is 5.94. The molecule has 1 amide bonds. The number of aromatic nitrogens is 2. The van der Waals surface area contributed by atoms with E-state index in [0.29, 0.717) is 24.8 Å². The predicted octanol–water partition coefficient (Wildman–Crippen LogP) is 3.21. The summed E-state index contributed by atoms with van der Waals surface area (Å²) < 4.78 is 0. The minimum atomic E-state index is -0.0163. The van der Waals surface area contributed by atoms with Gasteiger partial charge in [0.25, 0.3) is 5.91 Å². The summed E-state index contributed by atoms with van der Waals surface area (Å²) in [6.07, 6.45) is 8.25. The standard InChI is InChI=1S/C22H29N5O/c1-2-18-8-6-7-11-27(18)21-17-23-20(16-24-21)22(28)26-14-12-25(13-15-26)19-9-4-3-5-10-19/h3-5,9-10,16-18H,2,6-8,11-15H2,1H3. The third-order valence-electron chi connectivity index (χ3n) is 5.94. The Labute approximate surface area is 167 Å². The Hall–Kier alpha value is -2.63. The zero-order valence-electron chi connectivity index (χ0n) is 16.6. The number of benzene rings is 1. The highest BCUT2D eigenvalue weighted by Gasteiger charge is 2.25. The molecule has 0 saturated carbocycles. The third kappa shape index (κ3) is 3.96. The van der Waals surface area contributed by atoms with Gasteiger partial charge in [0.05, 0.1) is 12.4 Å². The van der Waals surface area contributed by atoms with E-state index >= 15 is 0 Å². The number of nitrogens with zero attached hydrogens (tertiary/aromatic N) is 5. The van der Waals surface area contributed by atoms with Crippen molar-refractivity contribution in [1.82, 2.24) is 14.9 Å². The van der Waals surface area contributed by atoms with E-state index in [0.717, 1.165) is 31.9 Å². The van der Waals surface area contributed by atoms with Crippen LogP contribution < -0.4 is 9.80 Å². The van der Waals surface area contributed by atoms with Gasteiger partial charge in [-0.15, -0.1) is 0 Å². The highest BCUT2D eigenvalue weighted by atomic mass is 16.2. The summed E-state index contributed by atoms with van der Waals surface area (Å²) in [5.41, 5.74) is 1.66. The topological polar surface area (TPSA) is 52.6 Å². The summed E-state index contributed by atoms with van der Waals surface area (Å²) in [6, 6.07) is 10.9. The Kier molecular flexibility index (Phi) is 5.74. The lowest BCUT2D eigenvalue weighted by Gasteiger charge is -2.36. The van der Waals surface area contributed by atoms with Crippen molar-refractivity contribution < 1.29 is 4.79 Å². The second kappa shape index (κ2) is 8.59. The Bertz CT molecular complexity index is 771. The molecule has 1 aromatic carbocycles. The zero-order chi connectivity index (χ0) is 19.3. The minimum Gasteiger partial charge on any atom is -0.368 e. The van der Waals surface area contributed by atoms with Crippen molar-refractivity contribution in [3.05, 3.63) is 48.4 Å². The maximum atomic E-state index is 12.8. The second-order valence-corrected chi connectivity index (χ2v) is 7.63. The number of hydrogen-bond acceptors (Lipinski definition) is 5. The van der Waals surface area contributed by atoms with Gasteiger partial charge in [0.2, 0.25) is 0 Å². The summed E-state index contributed by atoms with van der Waals surface area (Å²) in [4.78, 5) is 28.5. The van der Waals surface area contributed by atoms with E-state index in [-0.39, 0.29) is 5.91 Å². The molecule has 0 bridgehead atoms. The number of piperidine rings is 1. The van der Waals surface area contributed by atoms with Crippen LogP contribution in [-0.2, 0) is 0 Å². The maximum absolute atomic E-state index is 12.8. The summed E-state index contributed by atoms with van der Waals surface area (Å²) in [5, 5.41) is 0. The van der Waals surface area contributed by atoms with Crippen molar-refractivity contribution in [3.63, 3.8) is 0 Å². The van der Waals surface area contributed by atoms with Gasteiger partial charge < -0.3 is 14.7 Å². The van der Waals surface area contributed by atoms with Crippen LogP contribution >= 0.6 is 0 Å². The average Bonchev–Trinajstić information content (AvgIpc) is 2.79. The highest BCUT2D eigenvalue weighted by molar-refractivity contribution is 5.92. The summed E-state index contributed by atoms with van der Waals surface area (Å²) in [5.74, 6) is 0.884. The summed E-state index contributed by atoms with van der Waals surface area (Å²) >= 11 is 0. The van der Waals surface area contributed by atoms with Crippen molar-refractivity contribution in [2.24, 2.45) is 0 Å². The average molecular weight is 380 g/mol. The summed E-state index contributed by atoms with van der Waals surface area (Å²) in [7, 11) is 0. The first-order chi connectivity index (χ1) is 13.8. The van der Waals surface area contributed by atoms with Crippen LogP contribution in [-0.4, -0.2) is 59.5 Å². The van der Waals surface area contributed by atoms with E-state index in [9.17, 15) is 4.79 Å². The number of piperazine rings is 1. The Morgan fingerprint density at radius 2 is 1.79 bits per heavy atom. The van der Waals surface area contributed by atoms with Crippen LogP contribution in [0.5, 0.6) is 0 Å². The van der Waals surface area contributed by atoms with Crippen molar-refractivity contribution >= 4 is 17.4 Å². The van der Waals surface area contributed by atoms with Crippen LogP contribution in [0.3, 0.4) is 0 Å². The number of rotatable bonds is 4. The van der Waals surface area contributed by atoms with Crippen molar-refractivity contribution in [2.75, 3.05) is 42.5 Å². The van der Waals surface area contributed by atoms with Gasteiger partial charge in [0.15, 0.2) is 0 Å². The molecule has 0 radical (unpaired) electrons. The molecule has 0 N–H and O–H groups in total. The first-order valence-electron chi connectivity index (χ1n) is 10.4. The van der Waals surface area contributed by atoms with Gasteiger partial charge >= 0.3 is 0 Å². The number of hydrogen-bond donors (Lipinski definition) is 0. The van der Waals surface area contributed by atoms with E-state index < -0.39 is 0 Å². The SMILES string of the molecule is CCC1CCCCN1c1cnc(C(=O)N2CCN(c3ccccc3)CC2)cn1. The van der Waals surface area contributed by atoms with E-state index in [1.165, 1.54) is 24.9 Å². The predicted molar refractivity (Wildman–Crippen MR) is 112 cm³/mol. The maximum Gasteiger partial charge on any atom is 0.274 e. The monoisotopic (exact) mass is 379 g/mol. The van der Waals surface area contributed by atoms with Crippen LogP contribution in [0, 0.1) is 0 Å². The van der Waals surface area contributed by atoms with E-state index in [4.69, 9.17) is 0 Å². The van der Waals surface area contributed by atoms with Gasteiger partial charge in [-0.05, 0) is 37.8 Å². The van der Waals surface area contributed by atoms with Crippen LogP contribution in [0.15, 0.2) is 42.7 Å². The number of carbonyl (C=O) groups is 1. The molecule has 1 atom stereocenters. The fraction of sp³-hybridized carbons (Fsp3) is 0.500. The Balaban J connectivity index is 1.37. The molecule has 2 saturated heterocycles. The molecule has 6 heteroatoms. The molecule has 148 valence electrons. The molecule has 3 heterocycles. The first-order valence-corrected chi connectivity index (χ1v) is 10.4. The number of anilines is 2. The van der Waals surface area contributed by atoms with Gasteiger partial charge in [-0.1, -0.05) is 25.1 Å². The minimum absolute atomic E-state index is 0.0163. The lowest BCUT2D eigenvalue weighted by Crippen LogP contribution is -2.49. The van der Waals surface area contributed by atoms with Crippen molar-refractivity contribution in [3.8, 4) is 0 Å². The lowest BCUT2D eigenvalue weighted by atomic mass is 10.0. The molecule has 2 aliphatic rings. The van der Waals surface area contributed by atoms with Crippen LogP contribution in [0.2, 0.25) is 0 Å². The molecule has 28 heavy (non-hydrogen) atoms. The normalized spacial score (nSPS) is 20.3. The molecule has 1 aromatic heterocycles. The van der Waals surface area contributed by atoms with Crippen molar-refractivity contribution in [1.29, 1.82) is 0 Å². The van der Waals surface area contributed by atoms with Crippen LogP contribution in [0.1, 0.15) is 43.1 Å². The number of amides is 1. The first kappa shape index (κ1) is 18.7. The molecule has 0 aliphatic carbocycles. The zero-order valence-corrected chi connectivity index (χ0v) is 16.6. The number of para-hydroxylation sites is 1. The highest BCUT2D eigenvalue weighted by Crippen LogP contribution is 2.24. The van der Waals surface area contributed by atoms with Crippen LogP contribution in [0.25, 0.3) is 0 Å². The molecule has 1 unspecified atom stereocenters. The largest absolute Gasteiger partial charge is 0.368 e.